The third kappa shape index (κ3) is 1.26. The molecule has 58 valence electrons. The Morgan fingerprint density at radius 2 is 2.09 bits per heavy atom. The molecule has 0 radical (unpaired) electrons. The van der Waals surface area contributed by atoms with Crippen LogP contribution < -0.4 is 21.5 Å². The van der Waals surface area contributed by atoms with Crippen molar-refractivity contribution in [2.24, 2.45) is 0 Å². The molecule has 1 heterocycles. The van der Waals surface area contributed by atoms with Crippen molar-refractivity contribution in [1.29, 1.82) is 0 Å². The van der Waals surface area contributed by atoms with E-state index in [4.69, 9.17) is 0 Å². The second-order valence-corrected chi connectivity index (χ2v) is 7.52. The summed E-state index contributed by atoms with van der Waals surface area (Å²) in [7, 11) is 0. The van der Waals surface area contributed by atoms with Crippen LogP contribution in [0.2, 0.25) is 0 Å². The number of halogens is 2. The Morgan fingerprint density at radius 1 is 1.36 bits per heavy atom. The molecule has 0 saturated heterocycles. The van der Waals surface area contributed by atoms with Crippen LogP contribution in [-0.2, 0) is 0 Å². The van der Waals surface area contributed by atoms with E-state index in [1.165, 1.54) is 3.57 Å². The van der Waals surface area contributed by atoms with Crippen molar-refractivity contribution in [3.05, 3.63) is 33.4 Å². The van der Waals surface area contributed by atoms with Gasteiger partial charge >= 0.3 is 89.8 Å². The van der Waals surface area contributed by atoms with Crippen molar-refractivity contribution in [1.82, 2.24) is 1.33 Å². The molecule has 2 rings (SSSR count). The molecule has 0 saturated carbocycles. The van der Waals surface area contributed by atoms with Gasteiger partial charge in [0.25, 0.3) is 0 Å². The second-order valence-electron chi connectivity index (χ2n) is 2.10. The molecule has 11 heavy (non-hydrogen) atoms. The number of hydrogen-bond acceptors (Lipinski definition) is 1. The molecule has 1 aliphatic rings. The Balaban J connectivity index is 2.55. The van der Waals surface area contributed by atoms with E-state index in [1.807, 2.05) is 24.3 Å². The van der Waals surface area contributed by atoms with Crippen LogP contribution in [0.1, 0.15) is 10.4 Å². The number of rotatable bonds is 0. The maximum absolute atomic E-state index is 11.3. The van der Waals surface area contributed by atoms with E-state index >= 15 is 0 Å². The SMILES string of the molecule is O=C1c2ccccc2[I-]N1I. The van der Waals surface area contributed by atoms with Crippen LogP contribution in [0.3, 0.4) is 0 Å². The number of hydrogen-bond donors (Lipinski definition) is 0. The van der Waals surface area contributed by atoms with E-state index in [0.29, 0.717) is 0 Å². The summed E-state index contributed by atoms with van der Waals surface area (Å²) in [6, 6.07) is 7.84. The fourth-order valence-electron chi connectivity index (χ4n) is 0.918. The quantitative estimate of drug-likeness (QED) is 0.408. The number of nitrogens with zero attached hydrogens (tertiary/aromatic N) is 1. The molecule has 1 aromatic carbocycles. The minimum absolute atomic E-state index is 0.175. The molecular formula is C7H4I2NO-. The van der Waals surface area contributed by atoms with Gasteiger partial charge in [0.15, 0.2) is 0 Å². The monoisotopic (exact) mass is 372 g/mol. The Hall–Kier alpha value is 0.150. The Labute approximate surface area is 89.1 Å². The third-order valence-electron chi connectivity index (χ3n) is 1.42. The van der Waals surface area contributed by atoms with E-state index in [9.17, 15) is 4.79 Å². The molecule has 2 nitrogen and oxygen atoms in total. The molecule has 1 amide bonds. The van der Waals surface area contributed by atoms with Gasteiger partial charge in [0, 0.05) is 0 Å². The summed E-state index contributed by atoms with van der Waals surface area (Å²) >= 11 is 1.88. The first kappa shape index (κ1) is 7.78. The summed E-state index contributed by atoms with van der Waals surface area (Å²) in [5.41, 5.74) is 0.898. The fraction of sp³-hybridized carbons (Fsp3) is 0. The summed E-state index contributed by atoms with van der Waals surface area (Å²) < 4.78 is 3.05. The molecule has 1 aromatic rings. The summed E-state index contributed by atoms with van der Waals surface area (Å²) in [6.45, 7) is 0. The molecular weight excluding hydrogens is 368 g/mol. The molecule has 0 aliphatic carbocycles. The molecule has 0 atom stereocenters. The predicted molar refractivity (Wildman–Crippen MR) is 45.3 cm³/mol. The summed E-state index contributed by atoms with van der Waals surface area (Å²) in [6.07, 6.45) is 0. The molecule has 0 spiro atoms. The minimum atomic E-state index is -0.210. The van der Waals surface area contributed by atoms with Crippen LogP contribution in [0.5, 0.6) is 0 Å². The van der Waals surface area contributed by atoms with Gasteiger partial charge in [-0.05, 0) is 0 Å². The zero-order chi connectivity index (χ0) is 7.84. The van der Waals surface area contributed by atoms with E-state index in [-0.39, 0.29) is 27.4 Å². The van der Waals surface area contributed by atoms with Gasteiger partial charge in [0.1, 0.15) is 0 Å². The van der Waals surface area contributed by atoms with Gasteiger partial charge in [-0.25, -0.2) is 0 Å². The normalized spacial score (nSPS) is 16.1. The number of carbonyl (C=O) groups is 1. The van der Waals surface area contributed by atoms with Gasteiger partial charge in [-0.3, -0.25) is 0 Å². The van der Waals surface area contributed by atoms with Crippen LogP contribution in [0, 0.1) is 3.57 Å². The first-order valence-corrected chi connectivity index (χ1v) is 6.04. The fourth-order valence-corrected chi connectivity index (χ4v) is 4.47. The van der Waals surface area contributed by atoms with Crippen molar-refractivity contribution < 1.29 is 26.3 Å². The van der Waals surface area contributed by atoms with Gasteiger partial charge in [-0.1, -0.05) is 0 Å². The second kappa shape index (κ2) is 2.89. The van der Waals surface area contributed by atoms with Gasteiger partial charge in [-0.15, -0.1) is 0 Å². The van der Waals surface area contributed by atoms with Gasteiger partial charge in [0.2, 0.25) is 0 Å². The van der Waals surface area contributed by atoms with Crippen molar-refractivity contribution in [3.8, 4) is 0 Å². The molecule has 1 aliphatic heterocycles. The average molecular weight is 372 g/mol. The van der Waals surface area contributed by atoms with E-state index in [2.05, 4.69) is 22.9 Å². The van der Waals surface area contributed by atoms with E-state index in [1.54, 1.807) is 1.33 Å². The molecule has 4 heteroatoms. The van der Waals surface area contributed by atoms with Crippen molar-refractivity contribution in [3.63, 3.8) is 0 Å². The maximum atomic E-state index is 11.3. The number of benzene rings is 1. The van der Waals surface area contributed by atoms with Crippen molar-refractivity contribution in [2.75, 3.05) is 0 Å². The molecule has 0 unspecified atom stereocenters. The molecule has 0 bridgehead atoms. The Morgan fingerprint density at radius 3 is 2.82 bits per heavy atom. The standard InChI is InChI=1S/C7H4I2NO/c8-10-7(11)5-3-1-2-4-6(5)9-10/h1-4H/q-1. The van der Waals surface area contributed by atoms with Crippen LogP contribution in [0.15, 0.2) is 24.3 Å². The van der Waals surface area contributed by atoms with Crippen LogP contribution in [0.25, 0.3) is 0 Å². The zero-order valence-electron chi connectivity index (χ0n) is 5.42. The summed E-state index contributed by atoms with van der Waals surface area (Å²) in [5.74, 6) is 0.175. The third-order valence-corrected chi connectivity index (χ3v) is 5.41. The summed E-state index contributed by atoms with van der Waals surface area (Å²) in [5, 5.41) is 0. The van der Waals surface area contributed by atoms with E-state index < -0.39 is 0 Å². The first-order valence-electron chi connectivity index (χ1n) is 3.03. The first-order chi connectivity index (χ1) is 5.29. The van der Waals surface area contributed by atoms with Gasteiger partial charge in [0.05, 0.1) is 0 Å². The number of carbonyl (C=O) groups excluding carboxylic acids is 1. The van der Waals surface area contributed by atoms with Gasteiger partial charge in [-0.2, -0.15) is 0 Å². The van der Waals surface area contributed by atoms with Crippen LogP contribution >= 0.6 is 22.9 Å². The van der Waals surface area contributed by atoms with Crippen molar-refractivity contribution >= 4 is 28.8 Å². The number of amides is 1. The van der Waals surface area contributed by atoms with Crippen molar-refractivity contribution in [2.45, 2.75) is 0 Å². The summed E-state index contributed by atoms with van der Waals surface area (Å²) in [4.78, 5) is 11.3. The number of fused-ring (bicyclic) bond motifs is 1. The average Bonchev–Trinajstić information content (AvgIpc) is 2.30. The molecule has 0 fully saturated rings. The zero-order valence-corrected chi connectivity index (χ0v) is 9.74. The molecule has 0 aromatic heterocycles. The predicted octanol–water partition coefficient (Wildman–Crippen LogP) is -1.33. The Bertz CT molecular complexity index is 313. The van der Waals surface area contributed by atoms with E-state index in [0.717, 1.165) is 5.56 Å². The topological polar surface area (TPSA) is 20.3 Å². The van der Waals surface area contributed by atoms with Crippen LogP contribution in [-0.4, -0.2) is 7.23 Å². The Kier molecular flexibility index (Phi) is 2.04. The molecule has 0 N–H and O–H groups in total. The van der Waals surface area contributed by atoms with Crippen LogP contribution in [0.4, 0.5) is 0 Å². The van der Waals surface area contributed by atoms with Gasteiger partial charge < -0.3 is 0 Å².